The summed E-state index contributed by atoms with van der Waals surface area (Å²) < 4.78 is 24.7. The number of nitrogens with zero attached hydrogens (tertiary/aromatic N) is 1. The van der Waals surface area contributed by atoms with E-state index in [9.17, 15) is 9.50 Å². The first-order valence-electron chi connectivity index (χ1n) is 8.41. The summed E-state index contributed by atoms with van der Waals surface area (Å²) in [5.74, 6) is -0.264. The minimum atomic E-state index is -0.614. The molecule has 0 amide bonds. The van der Waals surface area contributed by atoms with Gasteiger partial charge in [0.25, 0.3) is 0 Å². The van der Waals surface area contributed by atoms with E-state index in [2.05, 4.69) is 4.90 Å². The number of hydrogen-bond donors (Lipinski definition) is 1. The Bertz CT molecular complexity index is 539. The molecular formula is C18H26FNO3. The lowest BCUT2D eigenvalue weighted by Crippen LogP contribution is -2.55. The maximum Gasteiger partial charge on any atom is 0.123 e. The zero-order valence-corrected chi connectivity index (χ0v) is 13.9. The fraction of sp³-hybridized carbons (Fsp3) is 0.667. The van der Waals surface area contributed by atoms with E-state index in [0.29, 0.717) is 13.2 Å². The highest BCUT2D eigenvalue weighted by atomic mass is 19.1. The van der Waals surface area contributed by atoms with Crippen LogP contribution in [0.2, 0.25) is 0 Å². The van der Waals surface area contributed by atoms with Crippen molar-refractivity contribution in [3.05, 3.63) is 35.1 Å². The van der Waals surface area contributed by atoms with Gasteiger partial charge in [-0.15, -0.1) is 0 Å². The number of aryl methyl sites for hydroxylation is 1. The molecule has 4 nitrogen and oxygen atoms in total. The van der Waals surface area contributed by atoms with Crippen LogP contribution in [-0.2, 0) is 9.47 Å². The average Bonchev–Trinajstić information content (AvgIpc) is 2.54. The molecule has 128 valence electrons. The normalized spacial score (nSPS) is 30.0. The summed E-state index contributed by atoms with van der Waals surface area (Å²) in [4.78, 5) is 2.31. The van der Waals surface area contributed by atoms with E-state index in [-0.39, 0.29) is 24.1 Å². The Labute approximate surface area is 137 Å². The SMILES string of the molecule is COC1CCC2OCCN(CC(O)c3ccc(F)cc3C)C2C1. The molecule has 23 heavy (non-hydrogen) atoms. The number of rotatable bonds is 4. The third-order valence-corrected chi connectivity index (χ3v) is 5.22. The van der Waals surface area contributed by atoms with Crippen LogP contribution in [0.1, 0.15) is 36.5 Å². The topological polar surface area (TPSA) is 41.9 Å². The van der Waals surface area contributed by atoms with E-state index in [1.165, 1.54) is 12.1 Å². The van der Waals surface area contributed by atoms with E-state index in [1.807, 2.05) is 6.92 Å². The Morgan fingerprint density at radius 2 is 2.26 bits per heavy atom. The first-order chi connectivity index (χ1) is 11.1. The Balaban J connectivity index is 1.70. The van der Waals surface area contributed by atoms with Crippen LogP contribution in [0.4, 0.5) is 4.39 Å². The largest absolute Gasteiger partial charge is 0.387 e. The van der Waals surface area contributed by atoms with Gasteiger partial charge in [0.05, 0.1) is 24.9 Å². The number of halogens is 1. The molecule has 0 bridgehead atoms. The molecule has 1 saturated carbocycles. The minimum Gasteiger partial charge on any atom is -0.387 e. The van der Waals surface area contributed by atoms with E-state index in [1.54, 1.807) is 13.2 Å². The number of aliphatic hydroxyl groups excluding tert-OH is 1. The minimum absolute atomic E-state index is 0.233. The first-order valence-corrected chi connectivity index (χ1v) is 8.41. The van der Waals surface area contributed by atoms with Crippen LogP contribution in [0.5, 0.6) is 0 Å². The van der Waals surface area contributed by atoms with Crippen LogP contribution in [0.15, 0.2) is 18.2 Å². The predicted octanol–water partition coefficient (Wildman–Crippen LogP) is 2.44. The molecule has 1 aromatic carbocycles. The number of benzene rings is 1. The van der Waals surface area contributed by atoms with Crippen molar-refractivity contribution in [2.24, 2.45) is 0 Å². The van der Waals surface area contributed by atoms with Gasteiger partial charge in [0.2, 0.25) is 0 Å². The van der Waals surface area contributed by atoms with Crippen LogP contribution < -0.4 is 0 Å². The summed E-state index contributed by atoms with van der Waals surface area (Å²) in [6, 6.07) is 4.86. The van der Waals surface area contributed by atoms with Crippen molar-refractivity contribution in [1.82, 2.24) is 4.90 Å². The van der Waals surface area contributed by atoms with E-state index in [0.717, 1.165) is 36.9 Å². The molecule has 0 radical (unpaired) electrons. The van der Waals surface area contributed by atoms with Gasteiger partial charge in [-0.05, 0) is 49.4 Å². The second kappa shape index (κ2) is 7.26. The van der Waals surface area contributed by atoms with E-state index >= 15 is 0 Å². The zero-order chi connectivity index (χ0) is 16.4. The molecule has 2 aliphatic rings. The molecule has 4 unspecified atom stereocenters. The Morgan fingerprint density at radius 1 is 1.43 bits per heavy atom. The quantitative estimate of drug-likeness (QED) is 0.924. The summed E-state index contributed by atoms with van der Waals surface area (Å²) in [7, 11) is 1.76. The number of methoxy groups -OCH3 is 1. The van der Waals surface area contributed by atoms with Crippen LogP contribution in [0.3, 0.4) is 0 Å². The molecule has 1 N–H and O–H groups in total. The first kappa shape index (κ1) is 16.8. The van der Waals surface area contributed by atoms with Gasteiger partial charge in [-0.2, -0.15) is 0 Å². The van der Waals surface area contributed by atoms with Gasteiger partial charge in [0.1, 0.15) is 5.82 Å². The van der Waals surface area contributed by atoms with E-state index in [4.69, 9.17) is 9.47 Å². The maximum absolute atomic E-state index is 13.3. The lowest BCUT2D eigenvalue weighted by Gasteiger charge is -2.46. The number of β-amino-alcohol motifs (C(OH)–C–C–N with tert-alkyl or cyclic N) is 1. The molecule has 3 rings (SSSR count). The highest BCUT2D eigenvalue weighted by molar-refractivity contribution is 5.28. The molecule has 1 heterocycles. The highest BCUT2D eigenvalue weighted by Gasteiger charge is 2.38. The fourth-order valence-electron chi connectivity index (χ4n) is 3.92. The smallest absolute Gasteiger partial charge is 0.123 e. The van der Waals surface area contributed by atoms with Crippen molar-refractivity contribution in [3.63, 3.8) is 0 Å². The lowest BCUT2D eigenvalue weighted by molar-refractivity contribution is -0.120. The number of hydrogen-bond acceptors (Lipinski definition) is 4. The maximum atomic E-state index is 13.3. The van der Waals surface area contributed by atoms with Crippen LogP contribution >= 0.6 is 0 Å². The molecule has 0 aromatic heterocycles. The van der Waals surface area contributed by atoms with Crippen molar-refractivity contribution >= 4 is 0 Å². The van der Waals surface area contributed by atoms with Crippen molar-refractivity contribution in [2.45, 2.75) is 50.5 Å². The van der Waals surface area contributed by atoms with Gasteiger partial charge < -0.3 is 14.6 Å². The van der Waals surface area contributed by atoms with Crippen LogP contribution in [0, 0.1) is 12.7 Å². The molecule has 1 aromatic rings. The molecular weight excluding hydrogens is 297 g/mol. The second-order valence-electron chi connectivity index (χ2n) is 6.66. The Morgan fingerprint density at radius 3 is 3.00 bits per heavy atom. The number of morpholine rings is 1. The van der Waals surface area contributed by atoms with Crippen LogP contribution in [-0.4, -0.2) is 55.1 Å². The second-order valence-corrected chi connectivity index (χ2v) is 6.66. The van der Waals surface area contributed by atoms with Crippen molar-refractivity contribution in [3.8, 4) is 0 Å². The number of ether oxygens (including phenoxy) is 2. The molecule has 4 atom stereocenters. The van der Waals surface area contributed by atoms with Crippen molar-refractivity contribution in [1.29, 1.82) is 0 Å². The number of aliphatic hydroxyl groups is 1. The van der Waals surface area contributed by atoms with E-state index < -0.39 is 6.10 Å². The third-order valence-electron chi connectivity index (χ3n) is 5.22. The molecule has 0 spiro atoms. The molecule has 1 aliphatic carbocycles. The molecule has 5 heteroatoms. The Hall–Kier alpha value is -1.01. The zero-order valence-electron chi connectivity index (χ0n) is 13.9. The monoisotopic (exact) mass is 323 g/mol. The lowest BCUT2D eigenvalue weighted by atomic mass is 9.87. The van der Waals surface area contributed by atoms with Gasteiger partial charge in [-0.1, -0.05) is 6.07 Å². The third kappa shape index (κ3) is 3.74. The average molecular weight is 323 g/mol. The predicted molar refractivity (Wildman–Crippen MR) is 85.8 cm³/mol. The summed E-state index contributed by atoms with van der Waals surface area (Å²) >= 11 is 0. The van der Waals surface area contributed by atoms with Crippen LogP contribution in [0.25, 0.3) is 0 Å². The summed E-state index contributed by atoms with van der Waals surface area (Å²) in [6.07, 6.45) is 2.87. The molecule has 1 saturated heterocycles. The summed E-state index contributed by atoms with van der Waals surface area (Å²) in [5.41, 5.74) is 1.59. The highest BCUT2D eigenvalue weighted by Crippen LogP contribution is 2.31. The Kier molecular flexibility index (Phi) is 5.31. The molecule has 1 aliphatic heterocycles. The summed E-state index contributed by atoms with van der Waals surface area (Å²) in [6.45, 7) is 3.90. The van der Waals surface area contributed by atoms with Crippen molar-refractivity contribution < 1.29 is 19.0 Å². The van der Waals surface area contributed by atoms with Gasteiger partial charge >= 0.3 is 0 Å². The van der Waals surface area contributed by atoms with Gasteiger partial charge in [-0.25, -0.2) is 4.39 Å². The fourth-order valence-corrected chi connectivity index (χ4v) is 3.92. The van der Waals surface area contributed by atoms with Gasteiger partial charge in [-0.3, -0.25) is 4.90 Å². The van der Waals surface area contributed by atoms with Gasteiger partial charge in [0, 0.05) is 26.2 Å². The summed E-state index contributed by atoms with van der Waals surface area (Å²) in [5, 5.41) is 10.6. The number of fused-ring (bicyclic) bond motifs is 1. The molecule has 2 fully saturated rings. The van der Waals surface area contributed by atoms with Crippen molar-refractivity contribution in [2.75, 3.05) is 26.8 Å². The van der Waals surface area contributed by atoms with Gasteiger partial charge in [0.15, 0.2) is 0 Å². The standard InChI is InChI=1S/C18H26FNO3/c1-12-9-13(19)3-5-15(12)17(21)11-20-7-8-23-18-6-4-14(22-2)10-16(18)20/h3,5,9,14,16-18,21H,4,6-8,10-11H2,1-2H3.